The fraction of sp³-hybridized carbons (Fsp3) is 0.250. The smallest absolute Gasteiger partial charge is 0.327 e. The average Bonchev–Trinajstić information content (AvgIpc) is 2.05. The normalized spacial score (nSPS) is 10.3. The van der Waals surface area contributed by atoms with Crippen molar-refractivity contribution in [3.05, 3.63) is 29.8 Å². The molecule has 0 unspecified atom stereocenters. The summed E-state index contributed by atoms with van der Waals surface area (Å²) in [6.45, 7) is 0.453. The predicted molar refractivity (Wildman–Crippen MR) is 48.1 cm³/mol. The lowest BCUT2D eigenvalue weighted by Crippen LogP contribution is -1.93. The molecule has 0 atom stereocenters. The average molecular weight is 183 g/mol. The van der Waals surface area contributed by atoms with Crippen molar-refractivity contribution < 1.29 is 9.09 Å². The summed E-state index contributed by atoms with van der Waals surface area (Å²) >= 11 is 0. The lowest BCUT2D eigenvalue weighted by Gasteiger charge is -1.99. The van der Waals surface area contributed by atoms with Crippen LogP contribution in [0.25, 0.3) is 0 Å². The van der Waals surface area contributed by atoms with E-state index in [0.717, 1.165) is 17.7 Å². The maximum atomic E-state index is 9.91. The van der Waals surface area contributed by atoms with Crippen molar-refractivity contribution in [3.8, 4) is 0 Å². The van der Waals surface area contributed by atoms with E-state index >= 15 is 0 Å². The van der Waals surface area contributed by atoms with E-state index in [1.807, 2.05) is 24.3 Å². The van der Waals surface area contributed by atoms with Crippen molar-refractivity contribution in [3.63, 3.8) is 0 Å². The maximum absolute atomic E-state index is 9.91. The number of benzene rings is 1. The van der Waals surface area contributed by atoms with Gasteiger partial charge in [0.1, 0.15) is 0 Å². The van der Waals surface area contributed by atoms with Gasteiger partial charge in [-0.25, -0.2) is 4.57 Å². The van der Waals surface area contributed by atoms with E-state index in [0.29, 0.717) is 6.61 Å². The van der Waals surface area contributed by atoms with Crippen LogP contribution in [0.15, 0.2) is 24.3 Å². The van der Waals surface area contributed by atoms with E-state index < -0.39 is 0 Å². The lowest BCUT2D eigenvalue weighted by molar-refractivity contribution is 0.347. The second-order valence-corrected chi connectivity index (χ2v) is 2.81. The first-order chi connectivity index (χ1) is 5.83. The van der Waals surface area contributed by atoms with Crippen LogP contribution in [-0.4, -0.2) is 6.61 Å². The molecule has 0 aliphatic rings. The quantitative estimate of drug-likeness (QED) is 0.441. The molecule has 1 aromatic rings. The fourth-order valence-electron chi connectivity index (χ4n) is 0.949. The summed E-state index contributed by atoms with van der Waals surface area (Å²) in [7, 11) is -0.265. The Morgan fingerprint density at radius 3 is 3.00 bits per heavy atom. The summed E-state index contributed by atoms with van der Waals surface area (Å²) in [6, 6.07) is 7.56. The van der Waals surface area contributed by atoms with E-state index in [-0.39, 0.29) is 8.69 Å². The van der Waals surface area contributed by atoms with E-state index in [1.165, 1.54) is 0 Å². The molecule has 1 aromatic carbocycles. The Bertz CT molecular complexity index is 265. The maximum Gasteiger partial charge on any atom is 0.327 e. The third kappa shape index (κ3) is 2.99. The Kier molecular flexibility index (Phi) is 3.71. The largest absolute Gasteiger partial charge is 0.399 e. The highest BCUT2D eigenvalue weighted by molar-refractivity contribution is 7.17. The SMILES string of the molecule is Nc1cccc(CCOP=O)c1. The standard InChI is InChI=1S/C8H10NO2P/c9-8-3-1-2-7(6-8)4-5-11-12-10/h1-3,6H,4-5,9H2. The monoisotopic (exact) mass is 183 g/mol. The molecule has 0 aliphatic heterocycles. The van der Waals surface area contributed by atoms with Crippen LogP contribution in [0.4, 0.5) is 5.69 Å². The minimum absolute atomic E-state index is 0.265. The Hall–Kier alpha value is -0.920. The fourth-order valence-corrected chi connectivity index (χ4v) is 1.12. The van der Waals surface area contributed by atoms with Gasteiger partial charge in [-0.05, 0) is 24.1 Å². The van der Waals surface area contributed by atoms with Gasteiger partial charge in [-0.15, -0.1) is 0 Å². The van der Waals surface area contributed by atoms with Crippen LogP contribution in [0.3, 0.4) is 0 Å². The van der Waals surface area contributed by atoms with Gasteiger partial charge in [-0.2, -0.15) is 0 Å². The van der Waals surface area contributed by atoms with Crippen molar-refractivity contribution in [2.75, 3.05) is 12.3 Å². The number of anilines is 1. The van der Waals surface area contributed by atoms with E-state index in [1.54, 1.807) is 0 Å². The first-order valence-corrected chi connectivity index (χ1v) is 4.35. The van der Waals surface area contributed by atoms with Gasteiger partial charge in [0.15, 0.2) is 0 Å². The number of hydrogen-bond acceptors (Lipinski definition) is 3. The molecule has 0 aromatic heterocycles. The molecule has 4 heteroatoms. The van der Waals surface area contributed by atoms with Crippen LogP contribution in [-0.2, 0) is 15.5 Å². The second kappa shape index (κ2) is 4.86. The summed E-state index contributed by atoms with van der Waals surface area (Å²) in [6.07, 6.45) is 0.736. The Morgan fingerprint density at radius 1 is 1.50 bits per heavy atom. The predicted octanol–water partition coefficient (Wildman–Crippen LogP) is 2.03. The molecule has 0 bridgehead atoms. The Labute approximate surface area is 72.8 Å². The third-order valence-corrected chi connectivity index (χ3v) is 1.77. The highest BCUT2D eigenvalue weighted by Gasteiger charge is 1.93. The van der Waals surface area contributed by atoms with Gasteiger partial charge in [0.25, 0.3) is 0 Å². The zero-order valence-corrected chi connectivity index (χ0v) is 7.46. The summed E-state index contributed by atoms with van der Waals surface area (Å²) < 4.78 is 14.6. The zero-order chi connectivity index (χ0) is 8.81. The first-order valence-electron chi connectivity index (χ1n) is 3.62. The van der Waals surface area contributed by atoms with Crippen molar-refractivity contribution >= 4 is 14.4 Å². The van der Waals surface area contributed by atoms with Crippen LogP contribution >= 0.6 is 8.69 Å². The molecular formula is C8H10NO2P. The van der Waals surface area contributed by atoms with Crippen LogP contribution in [0.2, 0.25) is 0 Å². The number of nitrogens with two attached hydrogens (primary N) is 1. The number of hydrogen-bond donors (Lipinski definition) is 1. The topological polar surface area (TPSA) is 52.3 Å². The summed E-state index contributed by atoms with van der Waals surface area (Å²) in [5.74, 6) is 0. The van der Waals surface area contributed by atoms with E-state index in [4.69, 9.17) is 5.73 Å². The van der Waals surface area contributed by atoms with Crippen molar-refractivity contribution in [1.82, 2.24) is 0 Å². The highest BCUT2D eigenvalue weighted by Crippen LogP contribution is 2.08. The summed E-state index contributed by atoms with van der Waals surface area (Å²) in [4.78, 5) is 0. The molecule has 0 amide bonds. The number of rotatable bonds is 4. The molecule has 64 valence electrons. The molecule has 0 saturated heterocycles. The molecule has 0 fully saturated rings. The molecule has 1 rings (SSSR count). The van der Waals surface area contributed by atoms with Crippen LogP contribution in [0.5, 0.6) is 0 Å². The van der Waals surface area contributed by atoms with Gasteiger partial charge in [0.2, 0.25) is 0 Å². The second-order valence-electron chi connectivity index (χ2n) is 2.40. The molecule has 2 N–H and O–H groups in total. The van der Waals surface area contributed by atoms with Gasteiger partial charge in [-0.3, -0.25) is 4.52 Å². The third-order valence-electron chi connectivity index (χ3n) is 1.49. The van der Waals surface area contributed by atoms with E-state index in [2.05, 4.69) is 4.52 Å². The molecule has 0 heterocycles. The Morgan fingerprint density at radius 2 is 2.33 bits per heavy atom. The van der Waals surface area contributed by atoms with Gasteiger partial charge < -0.3 is 5.73 Å². The van der Waals surface area contributed by atoms with Gasteiger partial charge in [-0.1, -0.05) is 12.1 Å². The van der Waals surface area contributed by atoms with Crippen LogP contribution in [0, 0.1) is 0 Å². The molecular weight excluding hydrogens is 173 g/mol. The van der Waals surface area contributed by atoms with Gasteiger partial charge >= 0.3 is 8.69 Å². The first kappa shape index (κ1) is 9.17. The van der Waals surface area contributed by atoms with Gasteiger partial charge in [0, 0.05) is 5.69 Å². The minimum Gasteiger partial charge on any atom is -0.399 e. The summed E-state index contributed by atoms with van der Waals surface area (Å²) in [5.41, 5.74) is 7.40. The zero-order valence-electron chi connectivity index (χ0n) is 6.56. The van der Waals surface area contributed by atoms with Crippen LogP contribution < -0.4 is 5.73 Å². The minimum atomic E-state index is -0.265. The van der Waals surface area contributed by atoms with Crippen molar-refractivity contribution in [2.24, 2.45) is 0 Å². The molecule has 0 radical (unpaired) electrons. The van der Waals surface area contributed by atoms with Gasteiger partial charge in [0.05, 0.1) is 6.61 Å². The molecule has 3 nitrogen and oxygen atoms in total. The highest BCUT2D eigenvalue weighted by atomic mass is 31.1. The molecule has 12 heavy (non-hydrogen) atoms. The van der Waals surface area contributed by atoms with Crippen molar-refractivity contribution in [2.45, 2.75) is 6.42 Å². The molecule has 0 aliphatic carbocycles. The van der Waals surface area contributed by atoms with Crippen molar-refractivity contribution in [1.29, 1.82) is 0 Å². The lowest BCUT2D eigenvalue weighted by atomic mass is 10.1. The van der Waals surface area contributed by atoms with Crippen LogP contribution in [0.1, 0.15) is 5.56 Å². The molecule has 0 saturated carbocycles. The summed E-state index contributed by atoms with van der Waals surface area (Å²) in [5, 5.41) is 0. The van der Waals surface area contributed by atoms with E-state index in [9.17, 15) is 4.57 Å². The Balaban J connectivity index is 2.46. The number of nitrogen functional groups attached to an aromatic ring is 1. The molecule has 0 spiro atoms.